The summed E-state index contributed by atoms with van der Waals surface area (Å²) in [5, 5.41) is 19.2. The fraction of sp³-hybridized carbons (Fsp3) is 0.353. The van der Waals surface area contributed by atoms with Crippen molar-refractivity contribution >= 4 is 5.97 Å². The maximum absolute atomic E-state index is 12.4. The lowest BCUT2D eigenvalue weighted by Crippen LogP contribution is -2.44. The van der Waals surface area contributed by atoms with Crippen molar-refractivity contribution in [3.63, 3.8) is 0 Å². The van der Waals surface area contributed by atoms with E-state index in [1.165, 1.54) is 0 Å². The summed E-state index contributed by atoms with van der Waals surface area (Å²) >= 11 is 0. The lowest BCUT2D eigenvalue weighted by molar-refractivity contribution is -0.164. The minimum atomic E-state index is -1.97. The number of hydrogen-bond donors (Lipinski definition) is 0. The molecule has 0 radical (unpaired) electrons. The highest BCUT2D eigenvalue weighted by Crippen LogP contribution is 2.46. The first kappa shape index (κ1) is 16.4. The molecule has 0 bridgehead atoms. The third-order valence-electron chi connectivity index (χ3n) is 3.44. The number of benzene rings is 1. The van der Waals surface area contributed by atoms with Crippen LogP contribution in [0.1, 0.15) is 25.3 Å². The van der Waals surface area contributed by atoms with Gasteiger partial charge in [0.15, 0.2) is 0 Å². The van der Waals surface area contributed by atoms with E-state index in [9.17, 15) is 15.3 Å². The van der Waals surface area contributed by atoms with Crippen molar-refractivity contribution in [3.05, 3.63) is 47.4 Å². The molecule has 118 valence electrons. The van der Waals surface area contributed by atoms with Gasteiger partial charge in [-0.25, -0.2) is 4.79 Å². The minimum absolute atomic E-state index is 0.0962. The zero-order valence-electron chi connectivity index (χ0n) is 12.9. The molecule has 0 N–H and O–H groups in total. The average Bonchev–Trinajstić information content (AvgIpc) is 2.91. The molecule has 2 unspecified atom stereocenters. The SMILES string of the molecule is CCOC(=O)C1(C#N)OC(OCC)=C(C#N)C1c1ccccc1. The summed E-state index contributed by atoms with van der Waals surface area (Å²) in [6.45, 7) is 3.70. The van der Waals surface area contributed by atoms with Crippen LogP contribution in [0.2, 0.25) is 0 Å². The molecule has 1 aliphatic heterocycles. The van der Waals surface area contributed by atoms with E-state index in [0.717, 1.165) is 0 Å². The van der Waals surface area contributed by atoms with Crippen LogP contribution in [0.3, 0.4) is 0 Å². The van der Waals surface area contributed by atoms with Gasteiger partial charge in [0, 0.05) is 0 Å². The first-order valence-electron chi connectivity index (χ1n) is 7.24. The van der Waals surface area contributed by atoms with Gasteiger partial charge in [0.25, 0.3) is 5.95 Å². The lowest BCUT2D eigenvalue weighted by Gasteiger charge is -2.26. The van der Waals surface area contributed by atoms with Crippen molar-refractivity contribution in [2.24, 2.45) is 0 Å². The largest absolute Gasteiger partial charge is 0.465 e. The second-order valence-electron chi connectivity index (χ2n) is 4.76. The van der Waals surface area contributed by atoms with Crippen molar-refractivity contribution in [2.45, 2.75) is 25.4 Å². The van der Waals surface area contributed by atoms with E-state index in [1.54, 1.807) is 44.2 Å². The van der Waals surface area contributed by atoms with E-state index in [4.69, 9.17) is 14.2 Å². The molecule has 23 heavy (non-hydrogen) atoms. The summed E-state index contributed by atoms with van der Waals surface area (Å²) in [5.41, 5.74) is -1.26. The molecule has 0 saturated heterocycles. The number of esters is 1. The number of nitrogens with zero attached hydrogens (tertiary/aromatic N) is 2. The Morgan fingerprint density at radius 2 is 1.96 bits per heavy atom. The topological polar surface area (TPSA) is 92.3 Å². The van der Waals surface area contributed by atoms with Gasteiger partial charge in [-0.15, -0.1) is 0 Å². The number of hydrogen-bond acceptors (Lipinski definition) is 6. The third kappa shape index (κ3) is 2.72. The Bertz CT molecular complexity index is 700. The third-order valence-corrected chi connectivity index (χ3v) is 3.44. The van der Waals surface area contributed by atoms with Crippen LogP contribution in [0.25, 0.3) is 0 Å². The Morgan fingerprint density at radius 1 is 1.26 bits per heavy atom. The molecule has 0 spiro atoms. The monoisotopic (exact) mass is 312 g/mol. The first-order chi connectivity index (χ1) is 11.1. The molecular formula is C17H16N2O4. The Balaban J connectivity index is 2.62. The van der Waals surface area contributed by atoms with Gasteiger partial charge in [0.1, 0.15) is 17.7 Å². The van der Waals surface area contributed by atoms with Gasteiger partial charge >= 0.3 is 11.6 Å². The maximum atomic E-state index is 12.4. The van der Waals surface area contributed by atoms with Crippen LogP contribution in [0.15, 0.2) is 41.9 Å². The molecule has 0 aliphatic carbocycles. The van der Waals surface area contributed by atoms with E-state index in [1.807, 2.05) is 12.1 Å². The standard InChI is InChI=1S/C17H16N2O4/c1-3-21-15-13(10-18)14(12-8-6-5-7-9-12)17(11-19,23-15)16(20)22-4-2/h5-9,14H,3-4H2,1-2H3. The predicted molar refractivity (Wildman–Crippen MR) is 79.5 cm³/mol. The molecule has 0 aromatic heterocycles. The predicted octanol–water partition coefficient (Wildman–Crippen LogP) is 2.40. The summed E-state index contributed by atoms with van der Waals surface area (Å²) < 4.78 is 15.9. The van der Waals surface area contributed by atoms with Crippen LogP contribution in [-0.4, -0.2) is 24.8 Å². The highest BCUT2D eigenvalue weighted by atomic mass is 16.7. The van der Waals surface area contributed by atoms with Crippen LogP contribution >= 0.6 is 0 Å². The second kappa shape index (κ2) is 6.85. The van der Waals surface area contributed by atoms with Gasteiger partial charge in [0.2, 0.25) is 0 Å². The Morgan fingerprint density at radius 3 is 2.48 bits per heavy atom. The molecule has 1 aromatic rings. The van der Waals surface area contributed by atoms with E-state index in [2.05, 4.69) is 0 Å². The molecular weight excluding hydrogens is 296 g/mol. The van der Waals surface area contributed by atoms with Gasteiger partial charge in [-0.2, -0.15) is 10.5 Å². The van der Waals surface area contributed by atoms with E-state index in [0.29, 0.717) is 5.56 Å². The van der Waals surface area contributed by atoms with Crippen LogP contribution in [-0.2, 0) is 19.0 Å². The fourth-order valence-electron chi connectivity index (χ4n) is 2.51. The molecule has 6 nitrogen and oxygen atoms in total. The van der Waals surface area contributed by atoms with Crippen molar-refractivity contribution in [1.82, 2.24) is 0 Å². The molecule has 2 rings (SSSR count). The average molecular weight is 312 g/mol. The van der Waals surface area contributed by atoms with Crippen molar-refractivity contribution < 1.29 is 19.0 Å². The Hall–Kier alpha value is -2.99. The van der Waals surface area contributed by atoms with Gasteiger partial charge in [-0.3, -0.25) is 0 Å². The van der Waals surface area contributed by atoms with E-state index >= 15 is 0 Å². The number of carbonyl (C=O) groups is 1. The van der Waals surface area contributed by atoms with Gasteiger partial charge < -0.3 is 14.2 Å². The highest BCUT2D eigenvalue weighted by Gasteiger charge is 2.59. The zero-order chi connectivity index (χ0) is 16.9. The van der Waals surface area contributed by atoms with Crippen LogP contribution in [0.5, 0.6) is 0 Å². The van der Waals surface area contributed by atoms with E-state index in [-0.39, 0.29) is 24.7 Å². The van der Waals surface area contributed by atoms with Crippen LogP contribution in [0.4, 0.5) is 0 Å². The summed E-state index contributed by atoms with van der Waals surface area (Å²) in [7, 11) is 0. The Labute approximate surface area is 134 Å². The lowest BCUT2D eigenvalue weighted by atomic mass is 9.80. The van der Waals surface area contributed by atoms with Crippen LogP contribution < -0.4 is 0 Å². The van der Waals surface area contributed by atoms with Gasteiger partial charge in [-0.05, 0) is 19.4 Å². The first-order valence-corrected chi connectivity index (χ1v) is 7.24. The molecule has 1 aromatic carbocycles. The summed E-state index contributed by atoms with van der Waals surface area (Å²) in [6, 6.07) is 12.7. The molecule has 0 saturated carbocycles. The van der Waals surface area contributed by atoms with Crippen molar-refractivity contribution in [2.75, 3.05) is 13.2 Å². The van der Waals surface area contributed by atoms with Crippen molar-refractivity contribution in [1.29, 1.82) is 10.5 Å². The molecule has 1 heterocycles. The minimum Gasteiger partial charge on any atom is -0.465 e. The molecule has 1 aliphatic rings. The van der Waals surface area contributed by atoms with E-state index < -0.39 is 17.5 Å². The fourth-order valence-corrected chi connectivity index (χ4v) is 2.51. The number of carbonyl (C=O) groups excluding carboxylic acids is 1. The second-order valence-corrected chi connectivity index (χ2v) is 4.76. The van der Waals surface area contributed by atoms with Crippen molar-refractivity contribution in [3.8, 4) is 12.1 Å². The van der Waals surface area contributed by atoms with Gasteiger partial charge in [-0.1, -0.05) is 30.3 Å². The number of ether oxygens (including phenoxy) is 3. The molecule has 0 fully saturated rings. The number of nitriles is 2. The Kier molecular flexibility index (Phi) is 4.88. The molecule has 2 atom stereocenters. The molecule has 0 amide bonds. The summed E-state index contributed by atoms with van der Waals surface area (Å²) in [4.78, 5) is 12.4. The van der Waals surface area contributed by atoms with Crippen LogP contribution in [0, 0.1) is 22.7 Å². The zero-order valence-corrected chi connectivity index (χ0v) is 12.9. The maximum Gasteiger partial charge on any atom is 0.366 e. The number of rotatable bonds is 5. The highest BCUT2D eigenvalue weighted by molar-refractivity contribution is 5.87. The smallest absolute Gasteiger partial charge is 0.366 e. The summed E-state index contributed by atoms with van der Waals surface area (Å²) in [6.07, 6.45) is 0. The normalized spacial score (nSPS) is 22.7. The quantitative estimate of drug-likeness (QED) is 0.775. The summed E-state index contributed by atoms with van der Waals surface area (Å²) in [5.74, 6) is -1.84. The van der Waals surface area contributed by atoms with Gasteiger partial charge in [0.05, 0.1) is 19.1 Å². The molecule has 6 heteroatoms.